The van der Waals surface area contributed by atoms with Crippen molar-refractivity contribution in [3.05, 3.63) is 4.88 Å². The van der Waals surface area contributed by atoms with Crippen molar-refractivity contribution in [2.24, 2.45) is 0 Å². The number of thiazole rings is 1. The van der Waals surface area contributed by atoms with Crippen molar-refractivity contribution in [1.29, 1.82) is 0 Å². The Bertz CT molecular complexity index is 551. The molecule has 1 aromatic rings. The Hall–Kier alpha value is -1.51. The minimum atomic E-state index is -4.41. The Kier molecular flexibility index (Phi) is 3.46. The van der Waals surface area contributed by atoms with Gasteiger partial charge in [0.2, 0.25) is 0 Å². The molecule has 0 bridgehead atoms. The molecular weight excluding hydrogens is 305 g/mol. The van der Waals surface area contributed by atoms with Gasteiger partial charge in [0.05, 0.1) is 0 Å². The highest BCUT2D eigenvalue weighted by atomic mass is 32.1. The standard InChI is InChI=1S/C12H15F3N4OS/c13-12(14,15)5-19(7-3-4-7)10(20)8-9(16)18-11(21-8)17-6-1-2-6/h6-7H,1-5,16H2,(H,17,18). The maximum Gasteiger partial charge on any atom is 0.406 e. The molecule has 5 nitrogen and oxygen atoms in total. The van der Waals surface area contributed by atoms with Gasteiger partial charge in [0, 0.05) is 12.1 Å². The van der Waals surface area contributed by atoms with Crippen LogP contribution in [0.2, 0.25) is 0 Å². The molecule has 2 saturated carbocycles. The van der Waals surface area contributed by atoms with Gasteiger partial charge in [-0.05, 0) is 25.7 Å². The second kappa shape index (κ2) is 5.04. The van der Waals surface area contributed by atoms with E-state index in [4.69, 9.17) is 5.73 Å². The molecule has 2 fully saturated rings. The maximum absolute atomic E-state index is 12.6. The first-order valence-electron chi connectivity index (χ1n) is 6.74. The fourth-order valence-electron chi connectivity index (χ4n) is 2.03. The van der Waals surface area contributed by atoms with Gasteiger partial charge in [-0.25, -0.2) is 4.98 Å². The molecule has 9 heteroatoms. The third-order valence-corrected chi connectivity index (χ3v) is 4.34. The van der Waals surface area contributed by atoms with Gasteiger partial charge in [0.25, 0.3) is 5.91 Å². The quantitative estimate of drug-likeness (QED) is 0.874. The molecule has 21 heavy (non-hydrogen) atoms. The number of halogens is 3. The summed E-state index contributed by atoms with van der Waals surface area (Å²) in [6.45, 7) is -1.24. The molecule has 1 amide bonds. The molecule has 0 saturated heterocycles. The number of carbonyl (C=O) groups excluding carboxylic acids is 1. The third-order valence-electron chi connectivity index (χ3n) is 3.35. The fourth-order valence-corrected chi connectivity index (χ4v) is 2.94. The van der Waals surface area contributed by atoms with Crippen LogP contribution < -0.4 is 11.1 Å². The normalized spacial score (nSPS) is 18.6. The molecule has 0 spiro atoms. The zero-order chi connectivity index (χ0) is 15.2. The molecule has 0 atom stereocenters. The number of nitrogen functional groups attached to an aromatic ring is 1. The largest absolute Gasteiger partial charge is 0.406 e. The number of amides is 1. The van der Waals surface area contributed by atoms with Crippen LogP contribution >= 0.6 is 11.3 Å². The zero-order valence-corrected chi connectivity index (χ0v) is 11.9. The van der Waals surface area contributed by atoms with Crippen molar-refractivity contribution in [2.75, 3.05) is 17.6 Å². The van der Waals surface area contributed by atoms with Crippen LogP contribution in [0.25, 0.3) is 0 Å². The summed E-state index contributed by atoms with van der Waals surface area (Å²) >= 11 is 1.03. The molecule has 2 aliphatic rings. The molecule has 3 N–H and O–H groups in total. The fraction of sp³-hybridized carbons (Fsp3) is 0.667. The second-order valence-electron chi connectivity index (χ2n) is 5.43. The van der Waals surface area contributed by atoms with Crippen LogP contribution in [0.15, 0.2) is 0 Å². The Morgan fingerprint density at radius 1 is 1.38 bits per heavy atom. The molecule has 3 rings (SSSR count). The van der Waals surface area contributed by atoms with Crippen LogP contribution in [0.1, 0.15) is 35.4 Å². The summed E-state index contributed by atoms with van der Waals surface area (Å²) in [4.78, 5) is 17.3. The summed E-state index contributed by atoms with van der Waals surface area (Å²) < 4.78 is 37.8. The smallest absolute Gasteiger partial charge is 0.382 e. The van der Waals surface area contributed by atoms with Gasteiger partial charge < -0.3 is 16.0 Å². The first kappa shape index (κ1) is 14.4. The van der Waals surface area contributed by atoms with E-state index in [0.29, 0.717) is 24.0 Å². The van der Waals surface area contributed by atoms with E-state index in [1.807, 2.05) is 0 Å². The van der Waals surface area contributed by atoms with Crippen molar-refractivity contribution in [2.45, 2.75) is 43.9 Å². The summed E-state index contributed by atoms with van der Waals surface area (Å²) in [5.41, 5.74) is 5.69. The number of aromatic nitrogens is 1. The summed E-state index contributed by atoms with van der Waals surface area (Å²) in [6.07, 6.45) is -1.13. The van der Waals surface area contributed by atoms with E-state index in [2.05, 4.69) is 10.3 Å². The predicted molar refractivity (Wildman–Crippen MR) is 73.3 cm³/mol. The average molecular weight is 320 g/mol. The lowest BCUT2D eigenvalue weighted by atomic mass is 10.3. The minimum absolute atomic E-state index is 0.000902. The van der Waals surface area contributed by atoms with Gasteiger partial charge in [-0.2, -0.15) is 13.2 Å². The predicted octanol–water partition coefficient (Wildman–Crippen LogP) is 2.47. The monoisotopic (exact) mass is 320 g/mol. The molecule has 116 valence electrons. The number of carbonyl (C=O) groups is 1. The molecule has 0 radical (unpaired) electrons. The van der Waals surface area contributed by atoms with Gasteiger partial charge in [-0.3, -0.25) is 4.79 Å². The van der Waals surface area contributed by atoms with Gasteiger partial charge in [-0.1, -0.05) is 11.3 Å². The van der Waals surface area contributed by atoms with E-state index in [9.17, 15) is 18.0 Å². The molecule has 1 heterocycles. The van der Waals surface area contributed by atoms with Crippen molar-refractivity contribution < 1.29 is 18.0 Å². The summed E-state index contributed by atoms with van der Waals surface area (Å²) in [7, 11) is 0. The lowest BCUT2D eigenvalue weighted by Crippen LogP contribution is -2.40. The number of anilines is 2. The summed E-state index contributed by atoms with van der Waals surface area (Å²) in [6, 6.07) is 0.00804. The topological polar surface area (TPSA) is 71.2 Å². The van der Waals surface area contributed by atoms with Gasteiger partial charge >= 0.3 is 6.18 Å². The Morgan fingerprint density at radius 2 is 2.05 bits per heavy atom. The molecule has 0 aromatic carbocycles. The maximum atomic E-state index is 12.6. The molecule has 0 aliphatic heterocycles. The first-order valence-corrected chi connectivity index (χ1v) is 7.55. The number of nitrogens with one attached hydrogen (secondary N) is 1. The van der Waals surface area contributed by atoms with E-state index < -0.39 is 18.6 Å². The van der Waals surface area contributed by atoms with E-state index in [0.717, 1.165) is 29.1 Å². The van der Waals surface area contributed by atoms with E-state index >= 15 is 0 Å². The molecular formula is C12H15F3N4OS. The van der Waals surface area contributed by atoms with Gasteiger partial charge in [-0.15, -0.1) is 0 Å². The number of hydrogen-bond acceptors (Lipinski definition) is 5. The SMILES string of the molecule is Nc1nc(NC2CC2)sc1C(=O)N(CC(F)(F)F)C1CC1. The lowest BCUT2D eigenvalue weighted by Gasteiger charge is -2.23. The van der Waals surface area contributed by atoms with Crippen LogP contribution in [0.4, 0.5) is 24.1 Å². The third kappa shape index (κ3) is 3.58. The van der Waals surface area contributed by atoms with Crippen LogP contribution in [0, 0.1) is 0 Å². The average Bonchev–Trinajstić information content (AvgIpc) is 3.25. The Labute approximate surface area is 123 Å². The van der Waals surface area contributed by atoms with Crippen molar-refractivity contribution in [3.8, 4) is 0 Å². The number of alkyl halides is 3. The summed E-state index contributed by atoms with van der Waals surface area (Å²) in [5, 5.41) is 3.60. The van der Waals surface area contributed by atoms with Crippen molar-refractivity contribution in [3.63, 3.8) is 0 Å². The molecule has 0 unspecified atom stereocenters. The van der Waals surface area contributed by atoms with Gasteiger partial charge in [0.1, 0.15) is 17.2 Å². The van der Waals surface area contributed by atoms with E-state index in [1.54, 1.807) is 0 Å². The number of rotatable bonds is 5. The number of nitrogens with two attached hydrogens (primary N) is 1. The Morgan fingerprint density at radius 3 is 2.57 bits per heavy atom. The number of hydrogen-bond donors (Lipinski definition) is 2. The lowest BCUT2D eigenvalue weighted by molar-refractivity contribution is -0.141. The second-order valence-corrected chi connectivity index (χ2v) is 6.43. The Balaban J connectivity index is 1.76. The van der Waals surface area contributed by atoms with Crippen LogP contribution in [-0.2, 0) is 0 Å². The van der Waals surface area contributed by atoms with E-state index in [1.165, 1.54) is 0 Å². The first-order chi connectivity index (χ1) is 9.83. The van der Waals surface area contributed by atoms with Crippen LogP contribution in [-0.4, -0.2) is 40.6 Å². The summed E-state index contributed by atoms with van der Waals surface area (Å²) in [5.74, 6) is -0.672. The van der Waals surface area contributed by atoms with Crippen molar-refractivity contribution in [1.82, 2.24) is 9.88 Å². The molecule has 2 aliphatic carbocycles. The molecule has 1 aromatic heterocycles. The van der Waals surface area contributed by atoms with Crippen LogP contribution in [0.3, 0.4) is 0 Å². The highest BCUT2D eigenvalue weighted by molar-refractivity contribution is 7.18. The zero-order valence-electron chi connectivity index (χ0n) is 11.1. The van der Waals surface area contributed by atoms with Crippen LogP contribution in [0.5, 0.6) is 0 Å². The van der Waals surface area contributed by atoms with E-state index in [-0.39, 0.29) is 16.7 Å². The minimum Gasteiger partial charge on any atom is -0.382 e. The number of nitrogens with zero attached hydrogens (tertiary/aromatic N) is 2. The van der Waals surface area contributed by atoms with Crippen molar-refractivity contribution >= 4 is 28.2 Å². The highest BCUT2D eigenvalue weighted by Crippen LogP contribution is 2.35. The highest BCUT2D eigenvalue weighted by Gasteiger charge is 2.42. The van der Waals surface area contributed by atoms with Gasteiger partial charge in [0.15, 0.2) is 5.13 Å².